The van der Waals surface area contributed by atoms with Crippen LogP contribution in [0.4, 0.5) is 0 Å². The van der Waals surface area contributed by atoms with Crippen LogP contribution < -0.4 is 11.1 Å². The van der Waals surface area contributed by atoms with Gasteiger partial charge >= 0.3 is 17.9 Å². The molecule has 0 radical (unpaired) electrons. The number of esters is 2. The normalized spacial score (nSPS) is 13.5. The van der Waals surface area contributed by atoms with E-state index in [2.05, 4.69) is 10.3 Å². The third-order valence-electron chi connectivity index (χ3n) is 5.57. The van der Waals surface area contributed by atoms with Crippen molar-refractivity contribution in [3.63, 3.8) is 0 Å². The second-order valence-corrected chi connectivity index (χ2v) is 9.10. The van der Waals surface area contributed by atoms with Crippen LogP contribution in [0.2, 0.25) is 0 Å². The maximum absolute atomic E-state index is 12.9. The molecule has 0 aliphatic heterocycles. The molecule has 10 nitrogen and oxygen atoms in total. The van der Waals surface area contributed by atoms with Crippen LogP contribution in [0.3, 0.4) is 0 Å². The van der Waals surface area contributed by atoms with Crippen LogP contribution in [-0.4, -0.2) is 52.8 Å². The fourth-order valence-corrected chi connectivity index (χ4v) is 3.58. The molecule has 0 unspecified atom stereocenters. The van der Waals surface area contributed by atoms with E-state index in [1.54, 1.807) is 20.0 Å². The van der Waals surface area contributed by atoms with Gasteiger partial charge in [-0.15, -0.1) is 0 Å². The van der Waals surface area contributed by atoms with Gasteiger partial charge in [-0.3, -0.25) is 14.4 Å². The molecule has 0 aliphatic rings. The first-order valence-electron chi connectivity index (χ1n) is 12.0. The Balaban J connectivity index is 3.00. The summed E-state index contributed by atoms with van der Waals surface area (Å²) in [6.07, 6.45) is 10.5. The van der Waals surface area contributed by atoms with E-state index in [9.17, 15) is 19.2 Å². The van der Waals surface area contributed by atoms with Crippen molar-refractivity contribution in [1.29, 1.82) is 0 Å². The maximum Gasteiger partial charge on any atom is 0.331 e. The highest BCUT2D eigenvalue weighted by atomic mass is 16.7. The Kier molecular flexibility index (Phi) is 12.7. The summed E-state index contributed by atoms with van der Waals surface area (Å²) in [6.45, 7) is 8.62. The molecule has 1 aromatic heterocycles. The number of hydrogen-bond acceptors (Lipinski definition) is 7. The third kappa shape index (κ3) is 9.69. The van der Waals surface area contributed by atoms with Gasteiger partial charge in [-0.05, 0) is 52.2 Å². The quantitative estimate of drug-likeness (QED) is 0.209. The minimum absolute atomic E-state index is 0.0908. The third-order valence-corrected chi connectivity index (χ3v) is 5.57. The summed E-state index contributed by atoms with van der Waals surface area (Å²) in [5.74, 6) is -3.04. The van der Waals surface area contributed by atoms with Crippen LogP contribution in [0, 0.1) is 5.41 Å². The lowest BCUT2D eigenvalue weighted by molar-refractivity contribution is -0.175. The number of rotatable bonds is 15. The monoisotopic (exact) mass is 505 g/mol. The second-order valence-electron chi connectivity index (χ2n) is 9.10. The summed E-state index contributed by atoms with van der Waals surface area (Å²) in [6, 6.07) is -2.29. The summed E-state index contributed by atoms with van der Waals surface area (Å²) >= 11 is 0. The van der Waals surface area contributed by atoms with Crippen molar-refractivity contribution in [2.75, 3.05) is 6.79 Å². The molecule has 0 bridgehead atoms. The molecule has 0 spiro atoms. The van der Waals surface area contributed by atoms with E-state index >= 15 is 0 Å². The highest BCUT2D eigenvalue weighted by Gasteiger charge is 2.30. The minimum Gasteiger partial charge on any atom is -0.480 e. The van der Waals surface area contributed by atoms with Crippen molar-refractivity contribution in [2.24, 2.45) is 11.1 Å². The molecule has 2 atom stereocenters. The minimum atomic E-state index is -1.22. The largest absolute Gasteiger partial charge is 0.480 e. The van der Waals surface area contributed by atoms with Crippen molar-refractivity contribution >= 4 is 36.0 Å². The van der Waals surface area contributed by atoms with Gasteiger partial charge in [0.1, 0.15) is 12.1 Å². The van der Waals surface area contributed by atoms with Gasteiger partial charge in [0.15, 0.2) is 0 Å². The molecule has 5 N–H and O–H groups in total. The van der Waals surface area contributed by atoms with E-state index in [1.807, 2.05) is 45.1 Å². The number of ether oxygens (including phenoxy) is 2. The first-order valence-corrected chi connectivity index (χ1v) is 12.0. The standard InChI is InChI=1S/C26H39N3O7/c1-6-9-18-17(15-28-20(18)10-7-2)14-21(29-22(30)12-11-19(27)23(31)32)24(33)35-16-36-25(34)26(4,5)13-8-3/h6-7,9-10,15,19,21,28H,8,11-14,16,27H2,1-5H3,(H,29,30)(H,31,32)/b9-6-,10-7-/t19-,21-/m1/s1. The summed E-state index contributed by atoms with van der Waals surface area (Å²) in [4.78, 5) is 51.8. The molecular weight excluding hydrogens is 466 g/mol. The zero-order valence-corrected chi connectivity index (χ0v) is 21.8. The number of carboxylic acids is 1. The molecule has 200 valence electrons. The number of carboxylic acid groups (broad SMARTS) is 1. The van der Waals surface area contributed by atoms with Crippen LogP contribution >= 0.6 is 0 Å². The Morgan fingerprint density at radius 3 is 2.42 bits per heavy atom. The van der Waals surface area contributed by atoms with Crippen LogP contribution in [0.5, 0.6) is 0 Å². The summed E-state index contributed by atoms with van der Waals surface area (Å²) in [7, 11) is 0. The number of aromatic amines is 1. The van der Waals surface area contributed by atoms with Crippen LogP contribution in [0.15, 0.2) is 18.3 Å². The molecule has 1 heterocycles. The number of carbonyl (C=O) groups excluding carboxylic acids is 3. The predicted octanol–water partition coefficient (Wildman–Crippen LogP) is 3.17. The second kappa shape index (κ2) is 14.9. The number of nitrogens with two attached hydrogens (primary N) is 1. The van der Waals surface area contributed by atoms with Gasteiger partial charge in [0.05, 0.1) is 5.41 Å². The number of amides is 1. The first kappa shape index (κ1) is 30.6. The fourth-order valence-electron chi connectivity index (χ4n) is 3.58. The molecule has 0 fully saturated rings. The van der Waals surface area contributed by atoms with Gasteiger partial charge in [-0.2, -0.15) is 0 Å². The number of nitrogens with one attached hydrogen (secondary N) is 2. The Morgan fingerprint density at radius 2 is 1.83 bits per heavy atom. The lowest BCUT2D eigenvalue weighted by Crippen LogP contribution is -2.44. The zero-order valence-electron chi connectivity index (χ0n) is 21.8. The Hall–Kier alpha value is -3.40. The van der Waals surface area contributed by atoms with Crippen molar-refractivity contribution in [3.8, 4) is 0 Å². The lowest BCUT2D eigenvalue weighted by Gasteiger charge is -2.22. The Labute approximate surface area is 212 Å². The van der Waals surface area contributed by atoms with Crippen molar-refractivity contribution in [2.45, 2.75) is 78.8 Å². The predicted molar refractivity (Wildman–Crippen MR) is 136 cm³/mol. The van der Waals surface area contributed by atoms with Crippen LogP contribution in [-0.2, 0) is 35.1 Å². The summed E-state index contributed by atoms with van der Waals surface area (Å²) in [5, 5.41) is 11.5. The number of aliphatic carboxylic acids is 1. The molecule has 0 saturated carbocycles. The molecule has 0 saturated heterocycles. The van der Waals surface area contributed by atoms with Crippen molar-refractivity contribution < 1.29 is 33.8 Å². The van der Waals surface area contributed by atoms with Gasteiger partial charge in [0.25, 0.3) is 0 Å². The number of carbonyl (C=O) groups is 4. The van der Waals surface area contributed by atoms with E-state index in [1.165, 1.54) is 0 Å². The molecule has 1 rings (SSSR count). The summed E-state index contributed by atoms with van der Waals surface area (Å²) < 4.78 is 10.3. The molecule has 1 amide bonds. The van der Waals surface area contributed by atoms with Gasteiger partial charge in [0.2, 0.25) is 12.7 Å². The molecule has 0 aromatic carbocycles. The Morgan fingerprint density at radius 1 is 1.17 bits per heavy atom. The van der Waals surface area contributed by atoms with Gasteiger partial charge in [-0.25, -0.2) is 4.79 Å². The van der Waals surface area contributed by atoms with E-state index in [-0.39, 0.29) is 19.3 Å². The van der Waals surface area contributed by atoms with E-state index in [0.29, 0.717) is 6.42 Å². The number of hydrogen-bond donors (Lipinski definition) is 4. The lowest BCUT2D eigenvalue weighted by atomic mass is 9.88. The average molecular weight is 506 g/mol. The Bertz CT molecular complexity index is 963. The van der Waals surface area contributed by atoms with Gasteiger partial charge in [-0.1, -0.05) is 31.6 Å². The molecule has 0 aliphatic carbocycles. The fraction of sp³-hybridized carbons (Fsp3) is 0.538. The van der Waals surface area contributed by atoms with E-state index < -0.39 is 48.1 Å². The molecule has 10 heteroatoms. The number of H-pyrrole nitrogens is 1. The molecular formula is C26H39N3O7. The highest BCUT2D eigenvalue weighted by Crippen LogP contribution is 2.24. The smallest absolute Gasteiger partial charge is 0.331 e. The van der Waals surface area contributed by atoms with Gasteiger partial charge in [0, 0.05) is 30.3 Å². The van der Waals surface area contributed by atoms with Crippen LogP contribution in [0.1, 0.15) is 77.1 Å². The average Bonchev–Trinajstić information content (AvgIpc) is 3.18. The van der Waals surface area contributed by atoms with E-state index in [0.717, 1.165) is 23.2 Å². The topological polar surface area (TPSA) is 161 Å². The highest BCUT2D eigenvalue weighted by molar-refractivity contribution is 5.85. The van der Waals surface area contributed by atoms with Gasteiger partial charge < -0.3 is 30.6 Å². The number of allylic oxidation sites excluding steroid dienone is 2. The van der Waals surface area contributed by atoms with Crippen molar-refractivity contribution in [3.05, 3.63) is 35.2 Å². The maximum atomic E-state index is 12.9. The van der Waals surface area contributed by atoms with E-state index in [4.69, 9.17) is 20.3 Å². The molecule has 36 heavy (non-hydrogen) atoms. The SMILES string of the molecule is C/C=C\c1[nH]cc(C[C@@H](NC(=O)CC[C@@H](N)C(=O)O)C(=O)OCOC(=O)C(C)(C)CCC)c1/C=C\C. The summed E-state index contributed by atoms with van der Waals surface area (Å²) in [5.41, 5.74) is 7.20. The zero-order chi connectivity index (χ0) is 27.3. The molecule has 1 aromatic rings. The van der Waals surface area contributed by atoms with Crippen LogP contribution in [0.25, 0.3) is 12.2 Å². The van der Waals surface area contributed by atoms with Crippen molar-refractivity contribution in [1.82, 2.24) is 10.3 Å². The number of aromatic nitrogens is 1. The first-order chi connectivity index (χ1) is 17.0.